The molecule has 6 nitrogen and oxygen atoms in total. The maximum atomic E-state index is 13.2. The topological polar surface area (TPSA) is 68.2 Å². The fourth-order valence-electron chi connectivity index (χ4n) is 2.80. The van der Waals surface area contributed by atoms with E-state index in [1.807, 2.05) is 17.8 Å². The van der Waals surface area contributed by atoms with Gasteiger partial charge in [0.05, 0.1) is 13.2 Å². The number of morpholine rings is 1. The van der Waals surface area contributed by atoms with Crippen molar-refractivity contribution >= 4 is 30.7 Å². The number of amides is 1. The van der Waals surface area contributed by atoms with Crippen molar-refractivity contribution in [1.82, 2.24) is 20.2 Å². The van der Waals surface area contributed by atoms with Gasteiger partial charge >= 0.3 is 0 Å². The predicted molar refractivity (Wildman–Crippen MR) is 101 cm³/mol. The number of hydrogen-bond donors (Lipinski definition) is 2. The number of hydrogen-bond acceptors (Lipinski definition) is 4. The minimum Gasteiger partial charge on any atom is -0.378 e. The molecular formula is C17H23Cl2FN4O2. The summed E-state index contributed by atoms with van der Waals surface area (Å²) in [5.74, 6) is 0.283. The first kappa shape index (κ1) is 22.4. The number of imidazole rings is 1. The Morgan fingerprint density at radius 3 is 2.73 bits per heavy atom. The highest BCUT2D eigenvalue weighted by Gasteiger charge is 2.23. The highest BCUT2D eigenvalue weighted by Crippen LogP contribution is 2.21. The summed E-state index contributed by atoms with van der Waals surface area (Å²) >= 11 is 0. The van der Waals surface area contributed by atoms with Crippen molar-refractivity contribution in [3.8, 4) is 0 Å². The molecule has 0 radical (unpaired) electrons. The summed E-state index contributed by atoms with van der Waals surface area (Å²) in [7, 11) is 1.86. The second-order valence-corrected chi connectivity index (χ2v) is 5.88. The van der Waals surface area contributed by atoms with Crippen LogP contribution in [0, 0.1) is 5.82 Å². The average Bonchev–Trinajstić information content (AvgIpc) is 3.00. The van der Waals surface area contributed by atoms with E-state index in [1.165, 1.54) is 12.1 Å². The summed E-state index contributed by atoms with van der Waals surface area (Å²) in [5.41, 5.74) is 0.784. The van der Waals surface area contributed by atoms with E-state index in [-0.39, 0.29) is 42.6 Å². The molecule has 0 saturated carbocycles. The first-order chi connectivity index (χ1) is 11.6. The van der Waals surface area contributed by atoms with Crippen LogP contribution in [0.4, 0.5) is 4.39 Å². The number of carbonyl (C=O) groups excluding carboxylic acids is 1. The summed E-state index contributed by atoms with van der Waals surface area (Å²) in [6.07, 6.45) is 3.81. The number of carbonyl (C=O) groups is 1. The van der Waals surface area contributed by atoms with Gasteiger partial charge in [-0.1, -0.05) is 12.1 Å². The molecule has 2 atom stereocenters. The van der Waals surface area contributed by atoms with Crippen LogP contribution in [0.3, 0.4) is 0 Å². The molecule has 1 aliphatic heterocycles. The number of aromatic nitrogens is 2. The molecule has 3 rings (SSSR count). The lowest BCUT2D eigenvalue weighted by molar-refractivity contribution is -0.122. The summed E-state index contributed by atoms with van der Waals surface area (Å²) < 4.78 is 20.4. The normalized spacial score (nSPS) is 17.5. The summed E-state index contributed by atoms with van der Waals surface area (Å²) in [4.78, 5) is 16.8. The van der Waals surface area contributed by atoms with E-state index in [9.17, 15) is 9.18 Å². The third kappa shape index (κ3) is 5.67. The van der Waals surface area contributed by atoms with Crippen molar-refractivity contribution in [2.24, 2.45) is 7.05 Å². The maximum absolute atomic E-state index is 13.2. The molecule has 144 valence electrons. The van der Waals surface area contributed by atoms with Gasteiger partial charge in [-0.05, 0) is 17.7 Å². The lowest BCUT2D eigenvalue weighted by atomic mass is 10.1. The van der Waals surface area contributed by atoms with Crippen LogP contribution in [0.5, 0.6) is 0 Å². The van der Waals surface area contributed by atoms with Gasteiger partial charge in [-0.15, -0.1) is 24.8 Å². The van der Waals surface area contributed by atoms with E-state index in [1.54, 1.807) is 18.3 Å². The second-order valence-electron chi connectivity index (χ2n) is 5.88. The van der Waals surface area contributed by atoms with Crippen molar-refractivity contribution in [1.29, 1.82) is 0 Å². The van der Waals surface area contributed by atoms with Crippen LogP contribution in [0.15, 0.2) is 36.7 Å². The summed E-state index contributed by atoms with van der Waals surface area (Å²) in [5, 5.41) is 6.26. The SMILES string of the molecule is Cl.Cl.Cn1ccnc1C(NC(=O)CC1COCCN1)c1ccc(F)cc1. The van der Waals surface area contributed by atoms with Gasteiger partial charge in [0.1, 0.15) is 17.7 Å². The van der Waals surface area contributed by atoms with E-state index >= 15 is 0 Å². The fourth-order valence-corrected chi connectivity index (χ4v) is 2.80. The monoisotopic (exact) mass is 404 g/mol. The molecule has 0 aliphatic carbocycles. The van der Waals surface area contributed by atoms with Crippen LogP contribution in [-0.4, -0.2) is 41.3 Å². The Morgan fingerprint density at radius 2 is 2.15 bits per heavy atom. The molecule has 1 saturated heterocycles. The molecule has 26 heavy (non-hydrogen) atoms. The van der Waals surface area contributed by atoms with E-state index in [2.05, 4.69) is 15.6 Å². The quantitative estimate of drug-likeness (QED) is 0.799. The number of ether oxygens (including phenoxy) is 1. The van der Waals surface area contributed by atoms with E-state index in [4.69, 9.17) is 4.74 Å². The smallest absolute Gasteiger partial charge is 0.222 e. The number of nitrogens with zero attached hydrogens (tertiary/aromatic N) is 2. The first-order valence-corrected chi connectivity index (χ1v) is 7.96. The Hall–Kier alpha value is -1.67. The van der Waals surface area contributed by atoms with Crippen LogP contribution >= 0.6 is 24.8 Å². The number of aryl methyl sites for hydroxylation is 1. The minimum absolute atomic E-state index is 0. The summed E-state index contributed by atoms with van der Waals surface area (Å²) in [6, 6.07) is 5.67. The Kier molecular flexibility index (Phi) is 9.01. The zero-order valence-corrected chi connectivity index (χ0v) is 16.0. The molecule has 1 fully saturated rings. The summed E-state index contributed by atoms with van der Waals surface area (Å²) in [6.45, 7) is 1.94. The van der Waals surface area contributed by atoms with Crippen molar-refractivity contribution in [3.05, 3.63) is 53.9 Å². The molecule has 2 N–H and O–H groups in total. The van der Waals surface area contributed by atoms with Gasteiger partial charge in [-0.3, -0.25) is 4.79 Å². The van der Waals surface area contributed by atoms with Gasteiger partial charge in [0.25, 0.3) is 0 Å². The number of rotatable bonds is 5. The predicted octanol–water partition coefficient (Wildman–Crippen LogP) is 1.99. The highest BCUT2D eigenvalue weighted by atomic mass is 35.5. The molecule has 1 aromatic carbocycles. The van der Waals surface area contributed by atoms with Gasteiger partial charge in [0, 0.05) is 38.4 Å². The van der Waals surface area contributed by atoms with Crippen molar-refractivity contribution < 1.29 is 13.9 Å². The van der Waals surface area contributed by atoms with Gasteiger partial charge in [0.2, 0.25) is 5.91 Å². The molecule has 9 heteroatoms. The van der Waals surface area contributed by atoms with Gasteiger partial charge < -0.3 is 19.9 Å². The molecule has 1 aromatic heterocycles. The Bertz CT molecular complexity index is 690. The Balaban J connectivity index is 0.00000169. The number of nitrogens with one attached hydrogen (secondary N) is 2. The van der Waals surface area contributed by atoms with E-state index in [0.29, 0.717) is 25.5 Å². The van der Waals surface area contributed by atoms with Crippen LogP contribution in [0.25, 0.3) is 0 Å². The molecule has 1 amide bonds. The van der Waals surface area contributed by atoms with Gasteiger partial charge in [-0.2, -0.15) is 0 Å². The lowest BCUT2D eigenvalue weighted by Gasteiger charge is -2.25. The standard InChI is InChI=1S/C17H21FN4O2.2ClH/c1-22-8-6-20-17(22)16(12-2-4-13(18)5-3-12)21-15(23)10-14-11-24-9-7-19-14;;/h2-6,8,14,16,19H,7,9-11H2,1H3,(H,21,23);2*1H. The average molecular weight is 405 g/mol. The highest BCUT2D eigenvalue weighted by molar-refractivity contribution is 5.85. The van der Waals surface area contributed by atoms with Crippen molar-refractivity contribution in [2.75, 3.05) is 19.8 Å². The van der Waals surface area contributed by atoms with Gasteiger partial charge in [-0.25, -0.2) is 9.37 Å². The van der Waals surface area contributed by atoms with Crippen LogP contribution in [0.2, 0.25) is 0 Å². The van der Waals surface area contributed by atoms with Crippen LogP contribution in [-0.2, 0) is 16.6 Å². The van der Waals surface area contributed by atoms with Crippen LogP contribution in [0.1, 0.15) is 23.9 Å². The molecule has 1 aliphatic rings. The van der Waals surface area contributed by atoms with Crippen molar-refractivity contribution in [2.45, 2.75) is 18.5 Å². The number of halogens is 3. The maximum Gasteiger partial charge on any atom is 0.222 e. The number of benzene rings is 1. The fraction of sp³-hybridized carbons (Fsp3) is 0.412. The molecular weight excluding hydrogens is 382 g/mol. The third-order valence-corrected chi connectivity index (χ3v) is 4.06. The second kappa shape index (κ2) is 10.5. The molecule has 2 unspecified atom stereocenters. The zero-order valence-electron chi connectivity index (χ0n) is 14.4. The van der Waals surface area contributed by atoms with Crippen LogP contribution < -0.4 is 10.6 Å². The largest absolute Gasteiger partial charge is 0.378 e. The zero-order chi connectivity index (χ0) is 16.9. The van der Waals surface area contributed by atoms with E-state index in [0.717, 1.165) is 12.1 Å². The van der Waals surface area contributed by atoms with Gasteiger partial charge in [0.15, 0.2) is 0 Å². The molecule has 2 aromatic rings. The van der Waals surface area contributed by atoms with Crippen molar-refractivity contribution in [3.63, 3.8) is 0 Å². The first-order valence-electron chi connectivity index (χ1n) is 7.96. The van der Waals surface area contributed by atoms with E-state index < -0.39 is 6.04 Å². The molecule has 0 bridgehead atoms. The third-order valence-electron chi connectivity index (χ3n) is 4.06. The Labute approximate surface area is 164 Å². The Morgan fingerprint density at radius 1 is 1.42 bits per heavy atom. The molecule has 2 heterocycles. The minimum atomic E-state index is -0.428. The lowest BCUT2D eigenvalue weighted by Crippen LogP contribution is -2.44. The molecule has 0 spiro atoms.